The largest absolute Gasteiger partial charge is 0.490 e. The summed E-state index contributed by atoms with van der Waals surface area (Å²) in [6.45, 7) is 4.08. The maximum absolute atomic E-state index is 13.3. The second kappa shape index (κ2) is 13.7. The van der Waals surface area contributed by atoms with Gasteiger partial charge in [-0.05, 0) is 36.6 Å². The minimum atomic E-state index is -0.733. The Morgan fingerprint density at radius 1 is 1.14 bits per heavy atom. The molecule has 0 saturated carbocycles. The van der Waals surface area contributed by atoms with Crippen molar-refractivity contribution in [3.63, 3.8) is 0 Å². The van der Waals surface area contributed by atoms with Crippen LogP contribution in [0.1, 0.15) is 38.7 Å². The highest BCUT2D eigenvalue weighted by atomic mass is 35.5. The number of nitro groups is 1. The average Bonchev–Trinajstić information content (AvgIpc) is 2.84. The molecule has 2 rings (SSSR count). The van der Waals surface area contributed by atoms with Crippen LogP contribution >= 0.6 is 23.2 Å². The van der Waals surface area contributed by atoms with E-state index in [4.69, 9.17) is 32.7 Å². The number of ether oxygens (including phenoxy) is 2. The zero-order valence-corrected chi connectivity index (χ0v) is 21.4. The fraction of sp³-hybridized carbons (Fsp3) is 0.417. The van der Waals surface area contributed by atoms with Gasteiger partial charge in [0.2, 0.25) is 11.7 Å². The lowest BCUT2D eigenvalue weighted by atomic mass is 10.1. The van der Waals surface area contributed by atoms with Crippen LogP contribution in [0.25, 0.3) is 0 Å². The molecule has 2 amide bonds. The molecule has 0 aliphatic heterocycles. The number of nitrogens with one attached hydrogen (secondary N) is 1. The summed E-state index contributed by atoms with van der Waals surface area (Å²) in [7, 11) is 1.30. The second-order valence-corrected chi connectivity index (χ2v) is 8.53. The Labute approximate surface area is 214 Å². The number of methoxy groups -OCH3 is 1. The normalized spacial score (nSPS) is 11.5. The molecule has 0 spiro atoms. The lowest BCUT2D eigenvalue weighted by molar-refractivity contribution is -0.385. The van der Waals surface area contributed by atoms with Crippen molar-refractivity contribution in [1.29, 1.82) is 0 Å². The molecule has 1 unspecified atom stereocenters. The zero-order chi connectivity index (χ0) is 26.0. The smallest absolute Gasteiger partial charge is 0.311 e. The van der Waals surface area contributed by atoms with Crippen molar-refractivity contribution in [2.75, 3.05) is 20.3 Å². The number of unbranched alkanes of at least 4 members (excludes halogenated alkanes) is 1. The molecular weight excluding hydrogens is 497 g/mol. The fourth-order valence-corrected chi connectivity index (χ4v) is 3.71. The van der Waals surface area contributed by atoms with Crippen molar-refractivity contribution in [2.24, 2.45) is 0 Å². The van der Waals surface area contributed by atoms with E-state index in [1.54, 1.807) is 18.2 Å². The van der Waals surface area contributed by atoms with Crippen molar-refractivity contribution < 1.29 is 24.0 Å². The number of hydrogen-bond acceptors (Lipinski definition) is 6. The number of carbonyl (C=O) groups is 2. The summed E-state index contributed by atoms with van der Waals surface area (Å²) in [5.74, 6) is -0.470. The highest BCUT2D eigenvalue weighted by molar-refractivity contribution is 6.42. The van der Waals surface area contributed by atoms with Crippen LogP contribution in [-0.2, 0) is 16.1 Å². The lowest BCUT2D eigenvalue weighted by Gasteiger charge is -2.30. The molecule has 0 radical (unpaired) electrons. The van der Waals surface area contributed by atoms with Gasteiger partial charge in [-0.3, -0.25) is 19.7 Å². The third-order valence-electron chi connectivity index (χ3n) is 5.26. The van der Waals surface area contributed by atoms with Gasteiger partial charge in [0.25, 0.3) is 5.91 Å². The van der Waals surface area contributed by atoms with E-state index in [1.165, 1.54) is 30.2 Å². The van der Waals surface area contributed by atoms with Crippen LogP contribution in [-0.4, -0.2) is 47.9 Å². The van der Waals surface area contributed by atoms with Gasteiger partial charge >= 0.3 is 5.69 Å². The number of nitro benzene ring substituents is 1. The molecule has 35 heavy (non-hydrogen) atoms. The zero-order valence-electron chi connectivity index (χ0n) is 19.9. The highest BCUT2D eigenvalue weighted by Crippen LogP contribution is 2.31. The third kappa shape index (κ3) is 8.00. The maximum Gasteiger partial charge on any atom is 0.311 e. The Morgan fingerprint density at radius 2 is 1.89 bits per heavy atom. The number of nitrogens with zero attached hydrogens (tertiary/aromatic N) is 2. The average molecular weight is 526 g/mol. The minimum Gasteiger partial charge on any atom is -0.490 e. The van der Waals surface area contributed by atoms with Crippen LogP contribution in [0.3, 0.4) is 0 Å². The first kappa shape index (κ1) is 28.2. The Hall–Kier alpha value is -3.04. The quantitative estimate of drug-likeness (QED) is 0.223. The number of halogens is 2. The number of rotatable bonds is 13. The van der Waals surface area contributed by atoms with E-state index < -0.39 is 16.9 Å². The molecule has 9 nitrogen and oxygen atoms in total. The molecule has 1 N–H and O–H groups in total. The lowest BCUT2D eigenvalue weighted by Crippen LogP contribution is -2.50. The fourth-order valence-electron chi connectivity index (χ4n) is 3.39. The van der Waals surface area contributed by atoms with Crippen molar-refractivity contribution in [3.05, 3.63) is 62.1 Å². The molecule has 0 heterocycles. The number of amides is 2. The highest BCUT2D eigenvalue weighted by Gasteiger charge is 2.29. The van der Waals surface area contributed by atoms with Gasteiger partial charge in [0.05, 0.1) is 22.1 Å². The van der Waals surface area contributed by atoms with Gasteiger partial charge in [0, 0.05) is 25.2 Å². The topological polar surface area (TPSA) is 111 Å². The molecule has 0 aliphatic rings. The summed E-state index contributed by atoms with van der Waals surface area (Å²) in [5, 5.41) is 14.7. The van der Waals surface area contributed by atoms with Gasteiger partial charge in [0.1, 0.15) is 11.8 Å². The maximum atomic E-state index is 13.3. The van der Waals surface area contributed by atoms with Crippen LogP contribution in [0, 0.1) is 10.1 Å². The van der Waals surface area contributed by atoms with E-state index >= 15 is 0 Å². The molecule has 0 saturated heterocycles. The third-order valence-corrected chi connectivity index (χ3v) is 6.00. The Bertz CT molecular complexity index is 1050. The first-order valence-electron chi connectivity index (χ1n) is 11.2. The second-order valence-electron chi connectivity index (χ2n) is 7.72. The first-order chi connectivity index (χ1) is 16.7. The Morgan fingerprint density at radius 3 is 2.49 bits per heavy atom. The molecule has 190 valence electrons. The van der Waals surface area contributed by atoms with Crippen molar-refractivity contribution in [1.82, 2.24) is 10.2 Å². The SMILES string of the molecule is CCCCNC(=O)C(CC)N(Cc1ccc(Cl)c(Cl)c1)C(=O)COc1ccc([N+](=O)[O-])c(OC)c1. The van der Waals surface area contributed by atoms with Gasteiger partial charge in [-0.25, -0.2) is 0 Å². The summed E-state index contributed by atoms with van der Waals surface area (Å²) >= 11 is 12.2. The molecule has 11 heteroatoms. The van der Waals surface area contributed by atoms with Crippen LogP contribution in [0.4, 0.5) is 5.69 Å². The first-order valence-corrected chi connectivity index (χ1v) is 11.9. The van der Waals surface area contributed by atoms with Gasteiger partial charge in [-0.1, -0.05) is 49.5 Å². The molecule has 0 bridgehead atoms. The number of benzene rings is 2. The van der Waals surface area contributed by atoms with Crippen LogP contribution < -0.4 is 14.8 Å². The van der Waals surface area contributed by atoms with Crippen LogP contribution in [0.2, 0.25) is 10.0 Å². The Balaban J connectivity index is 2.25. The van der Waals surface area contributed by atoms with Gasteiger partial charge in [-0.15, -0.1) is 0 Å². The van der Waals surface area contributed by atoms with Crippen LogP contribution in [0.15, 0.2) is 36.4 Å². The van der Waals surface area contributed by atoms with E-state index in [0.29, 0.717) is 28.6 Å². The van der Waals surface area contributed by atoms with E-state index in [9.17, 15) is 19.7 Å². The molecule has 0 fully saturated rings. The van der Waals surface area contributed by atoms with Crippen molar-refractivity contribution in [2.45, 2.75) is 45.7 Å². The standard InChI is InChI=1S/C24H29Cl2N3O6/c1-4-6-11-27-24(31)20(5-2)28(14-16-7-9-18(25)19(26)12-16)23(30)15-35-17-8-10-21(29(32)33)22(13-17)34-3/h7-10,12-13,20H,4-6,11,14-15H2,1-3H3,(H,27,31). The van der Waals surface area contributed by atoms with E-state index in [0.717, 1.165) is 12.8 Å². The predicted octanol–water partition coefficient (Wildman–Crippen LogP) is 5.01. The predicted molar refractivity (Wildman–Crippen MR) is 134 cm³/mol. The van der Waals surface area contributed by atoms with Crippen molar-refractivity contribution in [3.8, 4) is 11.5 Å². The van der Waals surface area contributed by atoms with Gasteiger partial charge < -0.3 is 19.7 Å². The summed E-state index contributed by atoms with van der Waals surface area (Å²) in [5.41, 5.74) is 0.479. The van der Waals surface area contributed by atoms with E-state index in [2.05, 4.69) is 5.32 Å². The molecule has 2 aromatic rings. The monoisotopic (exact) mass is 525 g/mol. The molecular formula is C24H29Cl2N3O6. The number of carbonyl (C=O) groups excluding carboxylic acids is 2. The molecule has 1 atom stereocenters. The number of hydrogen-bond donors (Lipinski definition) is 1. The van der Waals surface area contributed by atoms with Crippen LogP contribution in [0.5, 0.6) is 11.5 Å². The minimum absolute atomic E-state index is 0.00866. The summed E-state index contributed by atoms with van der Waals surface area (Å²) in [6, 6.07) is 8.23. The molecule has 0 aliphatic carbocycles. The summed E-state index contributed by atoms with van der Waals surface area (Å²) in [4.78, 5) is 38.1. The summed E-state index contributed by atoms with van der Waals surface area (Å²) < 4.78 is 10.6. The summed E-state index contributed by atoms with van der Waals surface area (Å²) in [6.07, 6.45) is 2.14. The van der Waals surface area contributed by atoms with Gasteiger partial charge in [0.15, 0.2) is 6.61 Å². The van der Waals surface area contributed by atoms with E-state index in [1.807, 2.05) is 13.8 Å². The van der Waals surface area contributed by atoms with E-state index in [-0.39, 0.29) is 36.2 Å². The molecule has 0 aromatic heterocycles. The Kier molecular flexibility index (Phi) is 11.1. The van der Waals surface area contributed by atoms with Gasteiger partial charge in [-0.2, -0.15) is 0 Å². The van der Waals surface area contributed by atoms with Crippen molar-refractivity contribution >= 4 is 40.7 Å². The molecule has 2 aromatic carbocycles.